The van der Waals surface area contributed by atoms with Gasteiger partial charge in [0.1, 0.15) is 0 Å². The van der Waals surface area contributed by atoms with Crippen LogP contribution >= 0.6 is 0 Å². The number of carbonyl (C=O) groups is 1. The summed E-state index contributed by atoms with van der Waals surface area (Å²) in [7, 11) is 2.74. The predicted octanol–water partition coefficient (Wildman–Crippen LogP) is 1.33. The van der Waals surface area contributed by atoms with Gasteiger partial charge in [0.15, 0.2) is 7.01 Å². The van der Waals surface area contributed by atoms with Crippen LogP contribution in [0.15, 0.2) is 24.3 Å². The Kier molecular flexibility index (Phi) is 2.97. The number of hydrogen-bond donors (Lipinski definition) is 1. The van der Waals surface area contributed by atoms with E-state index >= 15 is 0 Å². The standard InChI is InChI=1S/C11H15NO3/c1-11(15-3,10(13)14-2)8-6-4-5-7-9(8)12/h4-8,12H,1-3H3/b12-9+. The van der Waals surface area contributed by atoms with Gasteiger partial charge in [0.2, 0.25) is 0 Å². The topological polar surface area (TPSA) is 59.4 Å². The third kappa shape index (κ3) is 1.99. The van der Waals surface area contributed by atoms with Crippen molar-refractivity contribution in [3.63, 3.8) is 0 Å². The fraction of sp³-hybridized carbons (Fsp3) is 0.455. The lowest BCUT2D eigenvalue weighted by atomic mass is 9.82. The van der Waals surface area contributed by atoms with Gasteiger partial charge in [-0.3, -0.25) is 0 Å². The summed E-state index contributed by atoms with van der Waals surface area (Å²) in [6.45, 7) is 1.62. The molecule has 0 amide bonds. The van der Waals surface area contributed by atoms with Gasteiger partial charge in [0.05, 0.1) is 13.0 Å². The number of rotatable bonds is 3. The molecule has 1 aliphatic rings. The monoisotopic (exact) mass is 209 g/mol. The SMILES string of the molecule is [H]/N=C1\C=CC=CC1C(C)(OC)C(=O)OC. The van der Waals surface area contributed by atoms with Crippen molar-refractivity contribution in [2.75, 3.05) is 14.2 Å². The minimum Gasteiger partial charge on any atom is -0.467 e. The van der Waals surface area contributed by atoms with Gasteiger partial charge < -0.3 is 14.9 Å². The van der Waals surface area contributed by atoms with E-state index < -0.39 is 17.5 Å². The van der Waals surface area contributed by atoms with Crippen LogP contribution in [-0.4, -0.2) is 31.5 Å². The second kappa shape index (κ2) is 4.40. The van der Waals surface area contributed by atoms with Crippen molar-refractivity contribution in [1.29, 1.82) is 5.40 Å². The molecule has 0 aromatic carbocycles. The summed E-state index contributed by atoms with van der Waals surface area (Å²) >= 11 is 0. The highest BCUT2D eigenvalue weighted by molar-refractivity contribution is 6.01. The first kappa shape index (κ1) is 10.1. The number of hydrogen-bond acceptors (Lipinski definition) is 4. The van der Waals surface area contributed by atoms with Gasteiger partial charge in [0, 0.05) is 12.8 Å². The van der Waals surface area contributed by atoms with Gasteiger partial charge in [-0.25, -0.2) is 4.79 Å². The van der Waals surface area contributed by atoms with Crippen LogP contribution in [0.3, 0.4) is 0 Å². The number of nitrogens with one attached hydrogen (secondary N) is 1. The van der Waals surface area contributed by atoms with Crippen molar-refractivity contribution in [2.24, 2.45) is 5.92 Å². The molecule has 15 heavy (non-hydrogen) atoms. The molecule has 2 unspecified atom stereocenters. The zero-order chi connectivity index (χ0) is 12.2. The zero-order valence-corrected chi connectivity index (χ0v) is 9.06. The summed E-state index contributed by atoms with van der Waals surface area (Å²) in [5.74, 6) is -0.895. The van der Waals surface area contributed by atoms with E-state index in [2.05, 4.69) is 5.40 Å². The summed E-state index contributed by atoms with van der Waals surface area (Å²) in [6.07, 6.45) is 7.00. The van der Waals surface area contributed by atoms with Crippen molar-refractivity contribution in [3.8, 4) is 0 Å². The van der Waals surface area contributed by atoms with E-state index in [-0.39, 0.29) is 0 Å². The molecular formula is C11H15NO3. The summed E-state index contributed by atoms with van der Waals surface area (Å²) in [5, 5.41) is 3.40. The van der Waals surface area contributed by atoms with E-state index in [0.717, 1.165) is 0 Å². The second-order valence-electron chi connectivity index (χ2n) is 3.45. The maximum atomic E-state index is 11.7. The van der Waals surface area contributed by atoms with Gasteiger partial charge in [-0.1, -0.05) is 18.2 Å². The minimum atomic E-state index is -1.16. The molecule has 4 nitrogen and oxygen atoms in total. The molecule has 0 bridgehead atoms. The number of methoxy groups -OCH3 is 2. The lowest BCUT2D eigenvalue weighted by Crippen LogP contribution is -2.48. The molecule has 0 aromatic rings. The van der Waals surface area contributed by atoms with Crippen LogP contribution in [0.25, 0.3) is 0 Å². The van der Waals surface area contributed by atoms with Crippen molar-refractivity contribution in [2.45, 2.75) is 12.5 Å². The Morgan fingerprint density at radius 3 is 2.87 bits per heavy atom. The fourth-order valence-corrected chi connectivity index (χ4v) is 1.54. The highest BCUT2D eigenvalue weighted by atomic mass is 16.6. The summed E-state index contributed by atoms with van der Waals surface area (Å²) in [6, 6.07) is 0. The first-order valence-electron chi connectivity index (χ1n) is 5.05. The smallest absolute Gasteiger partial charge is 0.338 e. The van der Waals surface area contributed by atoms with Gasteiger partial charge in [-0.15, -0.1) is 0 Å². The molecule has 0 saturated heterocycles. The maximum absolute atomic E-state index is 11.7. The Labute approximate surface area is 90.5 Å². The van der Waals surface area contributed by atoms with Crippen LogP contribution in [0.4, 0.5) is 0 Å². The molecule has 0 saturated carbocycles. The van der Waals surface area contributed by atoms with E-state index in [1.807, 2.05) is 0 Å². The largest absolute Gasteiger partial charge is 0.467 e. The second-order valence-corrected chi connectivity index (χ2v) is 3.45. The van der Waals surface area contributed by atoms with Crippen LogP contribution < -0.4 is 0 Å². The average Bonchev–Trinajstić information content (AvgIpc) is 2.36. The predicted molar refractivity (Wildman–Crippen MR) is 56.9 cm³/mol. The van der Waals surface area contributed by atoms with Crippen LogP contribution in [0.5, 0.6) is 0 Å². The molecule has 1 aliphatic carbocycles. The molecule has 0 radical (unpaired) electrons. The molecular weight excluding hydrogens is 194 g/mol. The molecule has 0 aliphatic heterocycles. The van der Waals surface area contributed by atoms with Crippen molar-refractivity contribution in [1.82, 2.24) is 0 Å². The molecule has 1 rings (SSSR count). The van der Waals surface area contributed by atoms with E-state index in [4.69, 9.17) is 10.9 Å². The van der Waals surface area contributed by atoms with E-state index in [1.54, 1.807) is 31.2 Å². The van der Waals surface area contributed by atoms with Gasteiger partial charge in [-0.05, 0) is 13.0 Å². The third-order valence-electron chi connectivity index (χ3n) is 2.61. The minimum absolute atomic E-state index is 0.410. The highest BCUT2D eigenvalue weighted by Crippen LogP contribution is 2.27. The van der Waals surface area contributed by atoms with Crippen LogP contribution in [0.1, 0.15) is 6.92 Å². The fourth-order valence-electron chi connectivity index (χ4n) is 1.54. The summed E-state index contributed by atoms with van der Waals surface area (Å²) in [5.41, 5.74) is -0.687. The highest BCUT2D eigenvalue weighted by Gasteiger charge is 2.43. The Morgan fingerprint density at radius 2 is 2.33 bits per heavy atom. The van der Waals surface area contributed by atoms with Crippen LogP contribution in [-0.2, 0) is 14.3 Å². The van der Waals surface area contributed by atoms with E-state index in [0.29, 0.717) is 5.71 Å². The Balaban J connectivity index is 3.09. The molecule has 1 N–H and O–H groups in total. The molecule has 4 heteroatoms. The third-order valence-corrected chi connectivity index (χ3v) is 2.61. The number of allylic oxidation sites excluding steroid dienone is 3. The van der Waals surface area contributed by atoms with E-state index in [9.17, 15) is 4.79 Å². The van der Waals surface area contributed by atoms with Crippen molar-refractivity contribution >= 4 is 11.7 Å². The molecule has 2 atom stereocenters. The van der Waals surface area contributed by atoms with Gasteiger partial charge in [0.25, 0.3) is 0 Å². The maximum Gasteiger partial charge on any atom is 0.338 e. The number of carbonyl (C=O) groups excluding carboxylic acids is 1. The molecule has 0 aromatic heterocycles. The molecule has 0 fully saturated rings. The summed E-state index contributed by atoms with van der Waals surface area (Å²) in [4.78, 5) is 11.7. The zero-order valence-electron chi connectivity index (χ0n) is 10.1. The van der Waals surface area contributed by atoms with Crippen molar-refractivity contribution < 1.29 is 15.7 Å². The van der Waals surface area contributed by atoms with Crippen LogP contribution in [0.2, 0.25) is 1.41 Å². The summed E-state index contributed by atoms with van der Waals surface area (Å²) < 4.78 is 17.0. The van der Waals surface area contributed by atoms with Crippen molar-refractivity contribution in [3.05, 3.63) is 24.3 Å². The number of ether oxygens (including phenoxy) is 2. The average molecular weight is 209 g/mol. The number of esters is 1. The van der Waals surface area contributed by atoms with Gasteiger partial charge in [-0.2, -0.15) is 0 Å². The van der Waals surface area contributed by atoms with Crippen LogP contribution in [0, 0.1) is 11.3 Å². The Hall–Kier alpha value is -1.42. The van der Waals surface area contributed by atoms with Gasteiger partial charge >= 0.3 is 5.97 Å². The normalized spacial score (nSPS) is 27.3. The van der Waals surface area contributed by atoms with E-state index in [1.165, 1.54) is 14.2 Å². The molecule has 0 spiro atoms. The lowest BCUT2D eigenvalue weighted by molar-refractivity contribution is -0.166. The first-order valence-corrected chi connectivity index (χ1v) is 4.60. The lowest BCUT2D eigenvalue weighted by Gasteiger charge is -2.32. The Morgan fingerprint density at radius 1 is 1.60 bits per heavy atom. The Bertz CT molecular complexity index is 362. The first-order chi connectivity index (χ1) is 7.60. The molecule has 82 valence electrons. The molecule has 0 heterocycles. The quantitative estimate of drug-likeness (QED) is 0.713.